The van der Waals surface area contributed by atoms with Gasteiger partial charge in [-0.05, 0) is 54.1 Å². The minimum Gasteiger partial charge on any atom is -0.316 e. The van der Waals surface area contributed by atoms with Crippen LogP contribution in [0.5, 0.6) is 0 Å². The molecule has 108 valence electrons. The number of nitrogens with one attached hydrogen (secondary N) is 1. The van der Waals surface area contributed by atoms with Crippen molar-refractivity contribution in [3.8, 4) is 0 Å². The van der Waals surface area contributed by atoms with Crippen molar-refractivity contribution in [2.75, 3.05) is 13.1 Å². The number of thiophene rings is 1. The van der Waals surface area contributed by atoms with Crippen LogP contribution in [-0.4, -0.2) is 17.3 Å². The number of hydrogen-bond donors (Lipinski definition) is 1. The molecule has 1 aromatic carbocycles. The molecule has 21 heavy (non-hydrogen) atoms. The fourth-order valence-electron chi connectivity index (χ4n) is 3.26. The van der Waals surface area contributed by atoms with Crippen molar-refractivity contribution in [2.24, 2.45) is 0 Å². The summed E-state index contributed by atoms with van der Waals surface area (Å²) in [6.07, 6.45) is 2.18. The fourth-order valence-corrected chi connectivity index (χ4v) is 5.74. The second-order valence-corrected chi connectivity index (χ2v) is 8.06. The van der Waals surface area contributed by atoms with E-state index in [0.717, 1.165) is 30.1 Å². The maximum Gasteiger partial charge on any atom is 0.0992 e. The third-order valence-corrected chi connectivity index (χ3v) is 7.00. The average molecular weight is 315 g/mol. The third-order valence-electron chi connectivity index (χ3n) is 4.24. The molecule has 0 bridgehead atoms. The van der Waals surface area contributed by atoms with E-state index in [9.17, 15) is 4.21 Å². The molecule has 0 saturated carbocycles. The van der Waals surface area contributed by atoms with Crippen LogP contribution in [0.2, 0.25) is 0 Å². The highest BCUT2D eigenvalue weighted by Gasteiger charge is 2.26. The monoisotopic (exact) mass is 315 g/mol. The first-order valence-corrected chi connectivity index (χ1v) is 9.52. The van der Waals surface area contributed by atoms with E-state index in [1.165, 1.54) is 27.8 Å². The first-order valence-electron chi connectivity index (χ1n) is 7.32. The molecule has 2 aliphatic heterocycles. The van der Waals surface area contributed by atoms with Gasteiger partial charge in [0.15, 0.2) is 0 Å². The van der Waals surface area contributed by atoms with E-state index >= 15 is 0 Å². The Morgan fingerprint density at radius 3 is 2.71 bits per heavy atom. The Morgan fingerprint density at radius 2 is 1.86 bits per heavy atom. The topological polar surface area (TPSA) is 29.1 Å². The second kappa shape index (κ2) is 5.52. The van der Waals surface area contributed by atoms with Crippen LogP contribution in [-0.2, 0) is 16.6 Å². The summed E-state index contributed by atoms with van der Waals surface area (Å²) in [4.78, 5) is 0. The highest BCUT2D eigenvalue weighted by atomic mass is 32.2. The lowest BCUT2D eigenvalue weighted by atomic mass is 9.88. The van der Waals surface area contributed by atoms with E-state index in [2.05, 4.69) is 41.0 Å². The molecule has 2 aliphatic rings. The quantitative estimate of drug-likeness (QED) is 0.805. The molecule has 0 unspecified atom stereocenters. The van der Waals surface area contributed by atoms with Crippen molar-refractivity contribution in [3.63, 3.8) is 0 Å². The van der Waals surface area contributed by atoms with Gasteiger partial charge < -0.3 is 5.32 Å². The Kier molecular flexibility index (Phi) is 3.53. The Labute approximate surface area is 131 Å². The van der Waals surface area contributed by atoms with Crippen molar-refractivity contribution in [1.29, 1.82) is 0 Å². The number of fused-ring (bicyclic) bond motifs is 2. The zero-order valence-electron chi connectivity index (χ0n) is 11.7. The molecule has 0 radical (unpaired) electrons. The molecule has 3 heterocycles. The van der Waals surface area contributed by atoms with Gasteiger partial charge in [0.1, 0.15) is 0 Å². The van der Waals surface area contributed by atoms with Crippen LogP contribution >= 0.6 is 11.3 Å². The molecule has 1 saturated heterocycles. The Morgan fingerprint density at radius 1 is 1.05 bits per heavy atom. The van der Waals surface area contributed by atoms with Crippen LogP contribution in [0.25, 0.3) is 5.57 Å². The summed E-state index contributed by atoms with van der Waals surface area (Å²) in [6, 6.07) is 10.6. The molecular weight excluding hydrogens is 298 g/mol. The standard InChI is InChI=1S/C17H17NOS2/c19-21-11-13-3-1-2-4-14(13)16(12-5-8-18-9-6-12)15-7-10-20-17(15)21/h1-4,7,10,18H,5-6,8-9,11H2/t21-/m1/s1. The molecule has 4 heteroatoms. The first-order chi connectivity index (χ1) is 10.3. The SMILES string of the molecule is O=[S@@]1Cc2ccccc2C(=C2CCNCC2)c2ccsc21. The molecule has 1 aromatic heterocycles. The highest BCUT2D eigenvalue weighted by Crippen LogP contribution is 2.41. The van der Waals surface area contributed by atoms with E-state index in [4.69, 9.17) is 0 Å². The lowest BCUT2D eigenvalue weighted by molar-refractivity contribution is 0.611. The van der Waals surface area contributed by atoms with Gasteiger partial charge in [-0.15, -0.1) is 11.3 Å². The summed E-state index contributed by atoms with van der Waals surface area (Å²) in [5.41, 5.74) is 6.59. The molecule has 1 atom stereocenters. The van der Waals surface area contributed by atoms with Crippen LogP contribution in [0.15, 0.2) is 45.5 Å². The van der Waals surface area contributed by atoms with E-state index in [1.54, 1.807) is 11.3 Å². The van der Waals surface area contributed by atoms with Crippen LogP contribution < -0.4 is 5.32 Å². The average Bonchev–Trinajstić information content (AvgIpc) is 2.96. The Bertz CT molecular complexity index is 737. The van der Waals surface area contributed by atoms with Crippen LogP contribution in [0.1, 0.15) is 29.5 Å². The summed E-state index contributed by atoms with van der Waals surface area (Å²) in [5.74, 6) is 0.638. The molecule has 0 spiro atoms. The molecule has 4 rings (SSSR count). The summed E-state index contributed by atoms with van der Waals surface area (Å²) in [6.45, 7) is 2.09. The molecular formula is C17H17NOS2. The minimum atomic E-state index is -0.919. The number of hydrogen-bond acceptors (Lipinski definition) is 3. The van der Waals surface area contributed by atoms with Gasteiger partial charge in [0.25, 0.3) is 0 Å². The largest absolute Gasteiger partial charge is 0.316 e. The lowest BCUT2D eigenvalue weighted by Gasteiger charge is -2.21. The molecule has 2 nitrogen and oxygen atoms in total. The second-order valence-electron chi connectivity index (χ2n) is 5.50. The fraction of sp³-hybridized carbons (Fsp3) is 0.294. The van der Waals surface area contributed by atoms with E-state index in [1.807, 2.05) is 0 Å². The summed E-state index contributed by atoms with van der Waals surface area (Å²) < 4.78 is 13.7. The van der Waals surface area contributed by atoms with Gasteiger partial charge in [0, 0.05) is 5.56 Å². The first kappa shape index (κ1) is 13.4. The van der Waals surface area contributed by atoms with Crippen LogP contribution in [0.3, 0.4) is 0 Å². The summed E-state index contributed by atoms with van der Waals surface area (Å²) >= 11 is 1.64. The van der Waals surface area contributed by atoms with E-state index < -0.39 is 10.8 Å². The Hall–Kier alpha value is -1.23. The van der Waals surface area contributed by atoms with E-state index in [-0.39, 0.29) is 0 Å². The zero-order valence-corrected chi connectivity index (χ0v) is 13.4. The van der Waals surface area contributed by atoms with Gasteiger partial charge in [-0.1, -0.05) is 29.8 Å². The van der Waals surface area contributed by atoms with Crippen molar-refractivity contribution in [2.45, 2.75) is 22.8 Å². The normalized spacial score (nSPS) is 21.6. The number of rotatable bonds is 0. The number of piperidine rings is 1. The predicted octanol–water partition coefficient (Wildman–Crippen LogP) is 3.55. The third kappa shape index (κ3) is 2.31. The van der Waals surface area contributed by atoms with Gasteiger partial charge in [-0.3, -0.25) is 4.21 Å². The van der Waals surface area contributed by atoms with Crippen molar-refractivity contribution < 1.29 is 4.21 Å². The van der Waals surface area contributed by atoms with Gasteiger partial charge in [-0.2, -0.15) is 0 Å². The lowest BCUT2D eigenvalue weighted by Crippen LogP contribution is -2.23. The predicted molar refractivity (Wildman–Crippen MR) is 89.0 cm³/mol. The molecule has 0 amide bonds. The van der Waals surface area contributed by atoms with Crippen LogP contribution in [0, 0.1) is 0 Å². The zero-order chi connectivity index (χ0) is 14.2. The van der Waals surface area contributed by atoms with Gasteiger partial charge in [0.2, 0.25) is 0 Å². The smallest absolute Gasteiger partial charge is 0.0992 e. The number of benzene rings is 1. The van der Waals surface area contributed by atoms with Crippen LogP contribution in [0.4, 0.5) is 0 Å². The van der Waals surface area contributed by atoms with Crippen molar-refractivity contribution >= 4 is 27.7 Å². The Balaban J connectivity index is 2.01. The van der Waals surface area contributed by atoms with Gasteiger partial charge in [0.05, 0.1) is 20.8 Å². The van der Waals surface area contributed by atoms with E-state index in [0.29, 0.717) is 5.75 Å². The molecule has 1 N–H and O–H groups in total. The maximum atomic E-state index is 12.6. The molecule has 2 aromatic rings. The van der Waals surface area contributed by atoms with Crippen molar-refractivity contribution in [1.82, 2.24) is 5.32 Å². The maximum absolute atomic E-state index is 12.6. The molecule has 1 fully saturated rings. The summed E-state index contributed by atoms with van der Waals surface area (Å²) in [5, 5.41) is 5.51. The minimum absolute atomic E-state index is 0.638. The summed E-state index contributed by atoms with van der Waals surface area (Å²) in [7, 11) is -0.919. The van der Waals surface area contributed by atoms with Gasteiger partial charge >= 0.3 is 0 Å². The molecule has 0 aliphatic carbocycles. The highest BCUT2D eigenvalue weighted by molar-refractivity contribution is 7.86. The van der Waals surface area contributed by atoms with Crippen molar-refractivity contribution in [3.05, 3.63) is 58.0 Å². The van der Waals surface area contributed by atoms with Gasteiger partial charge in [-0.25, -0.2) is 0 Å².